The van der Waals surface area contributed by atoms with E-state index in [1.165, 1.54) is 12.1 Å². The number of carbonyl (C=O) groups is 1. The number of allylic oxidation sites excluding steroid dienone is 2. The summed E-state index contributed by atoms with van der Waals surface area (Å²) in [5, 5.41) is 19.0. The van der Waals surface area contributed by atoms with Crippen LogP contribution in [0.4, 0.5) is 11.6 Å². The monoisotopic (exact) mass is 431 g/mol. The van der Waals surface area contributed by atoms with Crippen LogP contribution in [-0.2, 0) is 4.79 Å². The molecule has 0 saturated heterocycles. The molecule has 1 aliphatic heterocycles. The predicted molar refractivity (Wildman–Crippen MR) is 117 cm³/mol. The smallest absolute Gasteiger partial charge is 0.269 e. The lowest BCUT2D eigenvalue weighted by atomic mass is 9.85. The summed E-state index contributed by atoms with van der Waals surface area (Å²) in [6.45, 7) is 2.51. The Bertz CT molecular complexity index is 1230. The maximum absolute atomic E-state index is 12.9. The van der Waals surface area contributed by atoms with Crippen LogP contribution >= 0.6 is 0 Å². The molecule has 1 aliphatic carbocycles. The predicted octanol–water partition coefficient (Wildman–Crippen LogP) is 4.27. The highest BCUT2D eigenvalue weighted by Crippen LogP contribution is 2.41. The van der Waals surface area contributed by atoms with Crippen molar-refractivity contribution in [3.8, 4) is 17.1 Å². The second-order valence-corrected chi connectivity index (χ2v) is 7.71. The van der Waals surface area contributed by atoms with Gasteiger partial charge in [-0.1, -0.05) is 12.1 Å². The third-order valence-corrected chi connectivity index (χ3v) is 5.71. The molecule has 0 radical (unpaired) electrons. The number of ketones is 1. The fraction of sp³-hybridized carbons (Fsp3) is 0.261. The van der Waals surface area contributed by atoms with Gasteiger partial charge in [-0.2, -0.15) is 4.98 Å². The van der Waals surface area contributed by atoms with E-state index >= 15 is 0 Å². The van der Waals surface area contributed by atoms with Crippen LogP contribution in [0.3, 0.4) is 0 Å². The number of rotatable bonds is 5. The highest BCUT2D eigenvalue weighted by molar-refractivity contribution is 5.99. The van der Waals surface area contributed by atoms with Crippen molar-refractivity contribution < 1.29 is 14.5 Å². The van der Waals surface area contributed by atoms with Crippen molar-refractivity contribution in [3.63, 3.8) is 0 Å². The summed E-state index contributed by atoms with van der Waals surface area (Å²) < 4.78 is 7.29. The van der Waals surface area contributed by atoms with E-state index in [1.54, 1.807) is 16.8 Å². The van der Waals surface area contributed by atoms with Crippen LogP contribution in [0, 0.1) is 10.1 Å². The standard InChI is InChI=1S/C23H21N5O4/c1-2-32-17-12-8-14(9-13-17)21-20-18(4-3-5-19(20)29)24-23-25-22(26-27(21)23)15-6-10-16(11-7-15)28(30)31/h6-13,21H,2-5H2,1H3,(H,24,25,26). The second-order valence-electron chi connectivity index (χ2n) is 7.71. The lowest BCUT2D eigenvalue weighted by molar-refractivity contribution is -0.384. The minimum Gasteiger partial charge on any atom is -0.494 e. The van der Waals surface area contributed by atoms with Gasteiger partial charge in [-0.25, -0.2) is 4.68 Å². The molecule has 32 heavy (non-hydrogen) atoms. The van der Waals surface area contributed by atoms with Gasteiger partial charge in [0.1, 0.15) is 11.8 Å². The summed E-state index contributed by atoms with van der Waals surface area (Å²) in [4.78, 5) is 28.1. The van der Waals surface area contributed by atoms with Gasteiger partial charge in [0.15, 0.2) is 11.6 Å². The fourth-order valence-corrected chi connectivity index (χ4v) is 4.23. The van der Waals surface area contributed by atoms with Crippen LogP contribution in [0.25, 0.3) is 11.4 Å². The minimum atomic E-state index is -0.442. The molecule has 0 spiro atoms. The summed E-state index contributed by atoms with van der Waals surface area (Å²) in [6.07, 6.45) is 2.08. The molecule has 162 valence electrons. The zero-order valence-electron chi connectivity index (χ0n) is 17.4. The zero-order chi connectivity index (χ0) is 22.2. The van der Waals surface area contributed by atoms with Gasteiger partial charge in [0.25, 0.3) is 5.69 Å². The molecule has 9 heteroatoms. The number of anilines is 1. The Morgan fingerprint density at radius 1 is 1.16 bits per heavy atom. The van der Waals surface area contributed by atoms with Gasteiger partial charge >= 0.3 is 0 Å². The first kappa shape index (κ1) is 19.9. The molecule has 0 fully saturated rings. The van der Waals surface area contributed by atoms with Crippen LogP contribution in [0.15, 0.2) is 59.8 Å². The van der Waals surface area contributed by atoms with Crippen molar-refractivity contribution in [1.82, 2.24) is 14.8 Å². The largest absolute Gasteiger partial charge is 0.494 e. The Hall–Kier alpha value is -4.01. The summed E-state index contributed by atoms with van der Waals surface area (Å²) in [7, 11) is 0. The molecule has 0 amide bonds. The van der Waals surface area contributed by atoms with Crippen LogP contribution in [0.5, 0.6) is 5.75 Å². The molecule has 1 aromatic heterocycles. The van der Waals surface area contributed by atoms with E-state index in [0.29, 0.717) is 35.9 Å². The molecular weight excluding hydrogens is 410 g/mol. The maximum atomic E-state index is 12.9. The quantitative estimate of drug-likeness (QED) is 0.474. The second kappa shape index (κ2) is 7.92. The molecule has 2 aliphatic rings. The molecule has 9 nitrogen and oxygen atoms in total. The Kier molecular flexibility index (Phi) is 4.93. The van der Waals surface area contributed by atoms with Gasteiger partial charge in [0, 0.05) is 35.4 Å². The maximum Gasteiger partial charge on any atom is 0.269 e. The van der Waals surface area contributed by atoms with Crippen LogP contribution < -0.4 is 10.1 Å². The highest BCUT2D eigenvalue weighted by Gasteiger charge is 2.36. The number of hydrogen-bond donors (Lipinski definition) is 1. The summed E-state index contributed by atoms with van der Waals surface area (Å²) >= 11 is 0. The SMILES string of the molecule is CCOc1ccc(C2C3=C(CCCC3=O)Nc3nc(-c4ccc([N+](=O)[O-])cc4)nn32)cc1. The van der Waals surface area contributed by atoms with Gasteiger partial charge in [-0.15, -0.1) is 5.10 Å². The molecule has 2 heterocycles. The molecule has 0 saturated carbocycles. The molecule has 0 bridgehead atoms. The topological polar surface area (TPSA) is 112 Å². The first-order valence-corrected chi connectivity index (χ1v) is 10.5. The summed E-state index contributed by atoms with van der Waals surface area (Å²) in [5.41, 5.74) is 3.18. The van der Waals surface area contributed by atoms with Crippen molar-refractivity contribution in [2.75, 3.05) is 11.9 Å². The lowest BCUT2D eigenvalue weighted by Crippen LogP contribution is -2.31. The van der Waals surface area contributed by atoms with Gasteiger partial charge in [-0.3, -0.25) is 14.9 Å². The van der Waals surface area contributed by atoms with E-state index in [9.17, 15) is 14.9 Å². The number of hydrogen-bond acceptors (Lipinski definition) is 7. The zero-order valence-corrected chi connectivity index (χ0v) is 17.4. The van der Waals surface area contributed by atoms with Crippen LogP contribution in [0.2, 0.25) is 0 Å². The molecule has 1 N–H and O–H groups in total. The molecular formula is C23H21N5O4. The summed E-state index contributed by atoms with van der Waals surface area (Å²) in [5.74, 6) is 1.85. The number of benzene rings is 2. The fourth-order valence-electron chi connectivity index (χ4n) is 4.23. The Morgan fingerprint density at radius 3 is 2.59 bits per heavy atom. The number of nitrogens with one attached hydrogen (secondary N) is 1. The Balaban J connectivity index is 1.59. The van der Waals surface area contributed by atoms with E-state index < -0.39 is 11.0 Å². The first-order chi connectivity index (χ1) is 15.5. The number of nitro groups is 1. The molecule has 2 aromatic carbocycles. The number of non-ortho nitro benzene ring substituents is 1. The Morgan fingerprint density at radius 2 is 1.91 bits per heavy atom. The van der Waals surface area contributed by atoms with Crippen LogP contribution in [-0.4, -0.2) is 32.1 Å². The Labute approximate surface area is 183 Å². The van der Waals surface area contributed by atoms with E-state index in [-0.39, 0.29) is 11.5 Å². The van der Waals surface area contributed by atoms with E-state index in [4.69, 9.17) is 9.84 Å². The lowest BCUT2D eigenvalue weighted by Gasteiger charge is -2.32. The number of fused-ring (bicyclic) bond motifs is 1. The van der Waals surface area contributed by atoms with Gasteiger partial charge in [-0.05, 0) is 49.6 Å². The highest BCUT2D eigenvalue weighted by atomic mass is 16.6. The van der Waals surface area contributed by atoms with E-state index in [0.717, 1.165) is 29.9 Å². The third kappa shape index (κ3) is 3.41. The minimum absolute atomic E-state index is 0.00541. The molecule has 3 aromatic rings. The number of ether oxygens (including phenoxy) is 1. The number of nitro benzene ring substituents is 1. The van der Waals surface area contributed by atoms with Gasteiger partial charge in [0.2, 0.25) is 5.95 Å². The number of carbonyl (C=O) groups excluding carboxylic acids is 1. The molecule has 1 atom stereocenters. The average Bonchev–Trinajstić information content (AvgIpc) is 3.22. The van der Waals surface area contributed by atoms with Crippen molar-refractivity contribution in [2.45, 2.75) is 32.2 Å². The summed E-state index contributed by atoms with van der Waals surface area (Å²) in [6, 6.07) is 13.4. The number of aromatic nitrogens is 3. The van der Waals surface area contributed by atoms with E-state index in [1.807, 2.05) is 31.2 Å². The molecule has 1 unspecified atom stereocenters. The van der Waals surface area contributed by atoms with Crippen LogP contribution in [0.1, 0.15) is 37.8 Å². The van der Waals surface area contributed by atoms with Gasteiger partial charge in [0.05, 0.1) is 11.5 Å². The van der Waals surface area contributed by atoms with Crippen molar-refractivity contribution in [1.29, 1.82) is 0 Å². The normalized spacial score (nSPS) is 17.4. The number of nitrogens with zero attached hydrogens (tertiary/aromatic N) is 4. The van der Waals surface area contributed by atoms with Gasteiger partial charge < -0.3 is 10.1 Å². The van der Waals surface area contributed by atoms with E-state index in [2.05, 4.69) is 10.3 Å². The van der Waals surface area contributed by atoms with Crippen molar-refractivity contribution in [2.24, 2.45) is 0 Å². The molecule has 5 rings (SSSR count). The number of Topliss-reactive ketones (excluding diaryl/α,β-unsaturated/α-hetero) is 1. The van der Waals surface area contributed by atoms with Crippen molar-refractivity contribution in [3.05, 3.63) is 75.5 Å². The van der Waals surface area contributed by atoms with Crippen molar-refractivity contribution >= 4 is 17.4 Å². The third-order valence-electron chi connectivity index (χ3n) is 5.71. The average molecular weight is 431 g/mol. The first-order valence-electron chi connectivity index (χ1n) is 10.5.